The molecule has 0 radical (unpaired) electrons. The Balaban J connectivity index is 1.87. The van der Waals surface area contributed by atoms with Crippen molar-refractivity contribution in [3.05, 3.63) is 58.0 Å². The summed E-state index contributed by atoms with van der Waals surface area (Å²) in [4.78, 5) is 25.2. The van der Waals surface area contributed by atoms with Gasteiger partial charge < -0.3 is 10.1 Å². The van der Waals surface area contributed by atoms with Gasteiger partial charge in [-0.05, 0) is 36.8 Å². The third-order valence-corrected chi connectivity index (χ3v) is 4.40. The van der Waals surface area contributed by atoms with Gasteiger partial charge >= 0.3 is 5.69 Å². The standard InChI is InChI=1S/C19H20ClN3O3/c1-3-10-22-15-6-4-5-7-16(15)23(19(22)25)12-18(24)21-13-8-9-17(26-2)14(20)11-13/h4-9,11H,3,10,12H2,1-2H3,(H,21,24). The number of fused-ring (bicyclic) bond motifs is 1. The van der Waals surface area contributed by atoms with Crippen LogP contribution >= 0.6 is 11.6 Å². The van der Waals surface area contributed by atoms with Crippen LogP contribution in [0.15, 0.2) is 47.3 Å². The van der Waals surface area contributed by atoms with Crippen LogP contribution in [0.4, 0.5) is 5.69 Å². The molecule has 1 N–H and O–H groups in total. The predicted octanol–water partition coefficient (Wildman–Crippen LogP) is 3.51. The van der Waals surface area contributed by atoms with E-state index in [1.807, 2.05) is 31.2 Å². The molecule has 0 saturated carbocycles. The summed E-state index contributed by atoms with van der Waals surface area (Å²) >= 11 is 6.08. The number of carbonyl (C=O) groups excluding carboxylic acids is 1. The van der Waals surface area contributed by atoms with Gasteiger partial charge in [0.05, 0.1) is 23.2 Å². The number of nitrogens with one attached hydrogen (secondary N) is 1. The van der Waals surface area contributed by atoms with Crippen molar-refractivity contribution in [1.82, 2.24) is 9.13 Å². The minimum Gasteiger partial charge on any atom is -0.495 e. The number of imidazole rings is 1. The van der Waals surface area contributed by atoms with Gasteiger partial charge in [0, 0.05) is 12.2 Å². The minimum atomic E-state index is -0.298. The van der Waals surface area contributed by atoms with E-state index in [0.29, 0.717) is 23.0 Å². The fourth-order valence-electron chi connectivity index (χ4n) is 2.95. The average Bonchev–Trinajstić information content (AvgIpc) is 2.88. The minimum absolute atomic E-state index is 0.0697. The van der Waals surface area contributed by atoms with Gasteiger partial charge in [-0.1, -0.05) is 30.7 Å². The molecule has 6 nitrogen and oxygen atoms in total. The van der Waals surface area contributed by atoms with Crippen molar-refractivity contribution in [2.45, 2.75) is 26.4 Å². The summed E-state index contributed by atoms with van der Waals surface area (Å²) in [5, 5.41) is 3.17. The van der Waals surface area contributed by atoms with Crippen molar-refractivity contribution < 1.29 is 9.53 Å². The number of hydrogen-bond donors (Lipinski definition) is 1. The van der Waals surface area contributed by atoms with E-state index in [0.717, 1.165) is 17.5 Å². The number of hydrogen-bond acceptors (Lipinski definition) is 3. The summed E-state index contributed by atoms with van der Waals surface area (Å²) in [5.74, 6) is 0.233. The second-order valence-corrected chi connectivity index (χ2v) is 6.31. The van der Waals surface area contributed by atoms with E-state index in [2.05, 4.69) is 5.32 Å². The Labute approximate surface area is 155 Å². The molecule has 0 spiro atoms. The highest BCUT2D eigenvalue weighted by atomic mass is 35.5. The lowest BCUT2D eigenvalue weighted by molar-refractivity contribution is -0.116. The van der Waals surface area contributed by atoms with Crippen LogP contribution in [0.5, 0.6) is 5.75 Å². The molecular formula is C19H20ClN3O3. The molecule has 1 heterocycles. The summed E-state index contributed by atoms with van der Waals surface area (Å²) in [6.07, 6.45) is 0.838. The van der Waals surface area contributed by atoms with Crippen molar-refractivity contribution in [2.75, 3.05) is 12.4 Å². The summed E-state index contributed by atoms with van der Waals surface area (Å²) in [6, 6.07) is 12.5. The van der Waals surface area contributed by atoms with Crippen molar-refractivity contribution in [3.8, 4) is 5.75 Å². The van der Waals surface area contributed by atoms with Gasteiger partial charge in [-0.3, -0.25) is 13.9 Å². The number of rotatable bonds is 6. The number of amides is 1. The molecule has 0 aliphatic carbocycles. The highest BCUT2D eigenvalue weighted by molar-refractivity contribution is 6.32. The molecule has 0 bridgehead atoms. The first-order valence-corrected chi connectivity index (χ1v) is 8.74. The summed E-state index contributed by atoms with van der Waals surface area (Å²) in [6.45, 7) is 2.56. The van der Waals surface area contributed by atoms with Crippen LogP contribution in [-0.2, 0) is 17.9 Å². The summed E-state index contributed by atoms with van der Waals surface area (Å²) in [5.41, 5.74) is 1.94. The first kappa shape index (κ1) is 18.1. The number of anilines is 1. The van der Waals surface area contributed by atoms with Gasteiger partial charge in [0.25, 0.3) is 0 Å². The second kappa shape index (κ2) is 7.66. The van der Waals surface area contributed by atoms with Gasteiger partial charge in [-0.15, -0.1) is 0 Å². The first-order valence-electron chi connectivity index (χ1n) is 8.36. The average molecular weight is 374 g/mol. The lowest BCUT2D eigenvalue weighted by atomic mass is 10.3. The van der Waals surface area contributed by atoms with Crippen LogP contribution < -0.4 is 15.7 Å². The summed E-state index contributed by atoms with van der Waals surface area (Å²) < 4.78 is 8.29. The molecule has 0 atom stereocenters. The van der Waals surface area contributed by atoms with Crippen molar-refractivity contribution in [2.24, 2.45) is 0 Å². The number of aromatic nitrogens is 2. The zero-order chi connectivity index (χ0) is 18.7. The van der Waals surface area contributed by atoms with Crippen LogP contribution in [0, 0.1) is 0 Å². The van der Waals surface area contributed by atoms with E-state index < -0.39 is 0 Å². The maximum Gasteiger partial charge on any atom is 0.329 e. The molecule has 0 aliphatic heterocycles. The number of halogens is 1. The Kier molecular flexibility index (Phi) is 5.32. The maximum absolute atomic E-state index is 12.7. The quantitative estimate of drug-likeness (QED) is 0.719. The molecule has 136 valence electrons. The van der Waals surface area contributed by atoms with Crippen molar-refractivity contribution >= 4 is 34.2 Å². The molecule has 1 aromatic heterocycles. The van der Waals surface area contributed by atoms with Crippen molar-refractivity contribution in [1.29, 1.82) is 0 Å². The van der Waals surface area contributed by atoms with Crippen LogP contribution in [0.1, 0.15) is 13.3 Å². The Bertz CT molecular complexity index is 1010. The molecule has 0 saturated heterocycles. The fourth-order valence-corrected chi connectivity index (χ4v) is 3.21. The van der Waals surface area contributed by atoms with Gasteiger partial charge in [-0.25, -0.2) is 4.79 Å². The topological polar surface area (TPSA) is 65.3 Å². The van der Waals surface area contributed by atoms with E-state index in [1.165, 1.54) is 11.7 Å². The van der Waals surface area contributed by atoms with E-state index in [4.69, 9.17) is 16.3 Å². The fraction of sp³-hybridized carbons (Fsp3) is 0.263. The Morgan fingerprint density at radius 3 is 2.46 bits per heavy atom. The first-order chi connectivity index (χ1) is 12.5. The molecule has 26 heavy (non-hydrogen) atoms. The lowest BCUT2D eigenvalue weighted by Crippen LogP contribution is -2.29. The lowest BCUT2D eigenvalue weighted by Gasteiger charge is -2.08. The number of methoxy groups -OCH3 is 1. The molecule has 1 amide bonds. The maximum atomic E-state index is 12.7. The van der Waals surface area contributed by atoms with E-state index in [9.17, 15) is 9.59 Å². The highest BCUT2D eigenvalue weighted by Gasteiger charge is 2.15. The number of para-hydroxylation sites is 2. The van der Waals surface area contributed by atoms with Gasteiger partial charge in [0.2, 0.25) is 5.91 Å². The molecule has 3 rings (SSSR count). The Morgan fingerprint density at radius 1 is 1.15 bits per heavy atom. The summed E-state index contributed by atoms with van der Waals surface area (Å²) in [7, 11) is 1.53. The number of ether oxygens (including phenoxy) is 1. The molecule has 7 heteroatoms. The van der Waals surface area contributed by atoms with Gasteiger partial charge in [-0.2, -0.15) is 0 Å². The Morgan fingerprint density at radius 2 is 1.85 bits per heavy atom. The number of carbonyl (C=O) groups is 1. The van der Waals surface area contributed by atoms with Crippen LogP contribution in [0.25, 0.3) is 11.0 Å². The molecule has 0 fully saturated rings. The highest BCUT2D eigenvalue weighted by Crippen LogP contribution is 2.27. The number of nitrogens with zero attached hydrogens (tertiary/aromatic N) is 2. The van der Waals surface area contributed by atoms with Gasteiger partial charge in [0.1, 0.15) is 12.3 Å². The SMILES string of the molecule is CCCn1c(=O)n(CC(=O)Nc2ccc(OC)c(Cl)c2)c2ccccc21. The largest absolute Gasteiger partial charge is 0.495 e. The monoisotopic (exact) mass is 373 g/mol. The molecular weight excluding hydrogens is 354 g/mol. The second-order valence-electron chi connectivity index (χ2n) is 5.91. The zero-order valence-corrected chi connectivity index (χ0v) is 15.4. The number of aryl methyl sites for hydroxylation is 1. The van der Waals surface area contributed by atoms with E-state index >= 15 is 0 Å². The predicted molar refractivity (Wildman–Crippen MR) is 103 cm³/mol. The normalized spacial score (nSPS) is 10.9. The van der Waals surface area contributed by atoms with E-state index in [-0.39, 0.29) is 18.1 Å². The van der Waals surface area contributed by atoms with Crippen LogP contribution in [0.3, 0.4) is 0 Å². The van der Waals surface area contributed by atoms with Crippen LogP contribution in [-0.4, -0.2) is 22.2 Å². The Hall–Kier alpha value is -2.73. The molecule has 0 aliphatic rings. The number of benzene rings is 2. The molecule has 2 aromatic carbocycles. The van der Waals surface area contributed by atoms with Gasteiger partial charge in [0.15, 0.2) is 0 Å². The van der Waals surface area contributed by atoms with Crippen LogP contribution in [0.2, 0.25) is 5.02 Å². The third kappa shape index (κ3) is 3.46. The molecule has 3 aromatic rings. The third-order valence-electron chi connectivity index (χ3n) is 4.11. The zero-order valence-electron chi connectivity index (χ0n) is 14.7. The van der Waals surface area contributed by atoms with E-state index in [1.54, 1.807) is 22.8 Å². The smallest absolute Gasteiger partial charge is 0.329 e. The van der Waals surface area contributed by atoms with Crippen molar-refractivity contribution in [3.63, 3.8) is 0 Å². The molecule has 0 unspecified atom stereocenters.